The summed E-state index contributed by atoms with van der Waals surface area (Å²) in [5.74, 6) is 3.49. The average molecular weight is 361 g/mol. The van der Waals surface area contributed by atoms with Gasteiger partial charge in [0.1, 0.15) is 12.4 Å². The van der Waals surface area contributed by atoms with Gasteiger partial charge in [0.15, 0.2) is 11.8 Å². The fourth-order valence-corrected chi connectivity index (χ4v) is 3.96. The molecule has 0 saturated heterocycles. The first-order valence-corrected chi connectivity index (χ1v) is 10.1. The van der Waals surface area contributed by atoms with E-state index in [1.54, 1.807) is 0 Å². The molecule has 2 N–H and O–H groups in total. The summed E-state index contributed by atoms with van der Waals surface area (Å²) in [6.07, 6.45) is 4.56. The predicted octanol–water partition coefficient (Wildman–Crippen LogP) is 2.61. The Morgan fingerprint density at radius 3 is 3.08 bits per heavy atom. The van der Waals surface area contributed by atoms with Crippen LogP contribution in [0, 0.1) is 5.92 Å². The number of nitrogens with zero attached hydrogens (tertiary/aromatic N) is 4. The van der Waals surface area contributed by atoms with Gasteiger partial charge < -0.3 is 15.2 Å². The van der Waals surface area contributed by atoms with Crippen LogP contribution in [0.2, 0.25) is 0 Å². The largest absolute Gasteiger partial charge is 0.357 e. The number of hydrogen-bond acceptors (Lipinski definition) is 4. The zero-order chi connectivity index (χ0) is 17.5. The quantitative estimate of drug-likeness (QED) is 0.588. The highest BCUT2D eigenvalue weighted by Crippen LogP contribution is 2.15. The summed E-state index contributed by atoms with van der Waals surface area (Å²) in [6, 6.07) is 4.32. The fraction of sp³-hybridized carbons (Fsp3) is 0.611. The molecule has 3 heterocycles. The van der Waals surface area contributed by atoms with Crippen LogP contribution in [-0.4, -0.2) is 33.8 Å². The number of aryl methyl sites for hydroxylation is 1. The van der Waals surface area contributed by atoms with Crippen molar-refractivity contribution in [2.75, 3.05) is 13.1 Å². The van der Waals surface area contributed by atoms with Crippen LogP contribution in [-0.2, 0) is 25.9 Å². The fourth-order valence-electron chi connectivity index (χ4n) is 3.09. The van der Waals surface area contributed by atoms with Gasteiger partial charge in [-0.1, -0.05) is 13.0 Å². The maximum absolute atomic E-state index is 4.71. The minimum atomic E-state index is 0.559. The van der Waals surface area contributed by atoms with Crippen molar-refractivity contribution in [2.45, 2.75) is 52.6 Å². The van der Waals surface area contributed by atoms with Crippen molar-refractivity contribution >= 4 is 17.3 Å². The van der Waals surface area contributed by atoms with E-state index in [1.807, 2.05) is 11.3 Å². The van der Waals surface area contributed by atoms with Crippen molar-refractivity contribution in [3.05, 3.63) is 34.0 Å². The molecule has 1 atom stereocenters. The minimum Gasteiger partial charge on any atom is -0.357 e. The molecule has 0 aliphatic carbocycles. The highest BCUT2D eigenvalue weighted by atomic mass is 32.1. The van der Waals surface area contributed by atoms with Crippen LogP contribution in [0.15, 0.2) is 22.5 Å². The van der Waals surface area contributed by atoms with E-state index in [0.717, 1.165) is 50.1 Å². The second kappa shape index (κ2) is 8.99. The second-order valence-corrected chi connectivity index (χ2v) is 7.64. The molecule has 0 saturated carbocycles. The maximum atomic E-state index is 4.71. The zero-order valence-corrected chi connectivity index (χ0v) is 16.0. The van der Waals surface area contributed by atoms with Crippen LogP contribution in [0.5, 0.6) is 0 Å². The average Bonchev–Trinajstić information content (AvgIpc) is 3.27. The molecule has 2 aromatic heterocycles. The molecule has 1 aliphatic rings. The van der Waals surface area contributed by atoms with E-state index in [1.165, 1.54) is 17.7 Å². The van der Waals surface area contributed by atoms with Crippen molar-refractivity contribution in [1.82, 2.24) is 25.4 Å². The van der Waals surface area contributed by atoms with Crippen LogP contribution >= 0.6 is 11.3 Å². The van der Waals surface area contributed by atoms with Gasteiger partial charge in [-0.2, -0.15) is 0 Å². The molecule has 0 radical (unpaired) electrons. The third-order valence-corrected chi connectivity index (χ3v) is 5.31. The molecule has 136 valence electrons. The third-order valence-electron chi connectivity index (χ3n) is 4.41. The molecular weight excluding hydrogens is 332 g/mol. The smallest absolute Gasteiger partial charge is 0.191 e. The van der Waals surface area contributed by atoms with Crippen molar-refractivity contribution in [3.8, 4) is 0 Å². The molecule has 25 heavy (non-hydrogen) atoms. The number of aromatic nitrogens is 3. The lowest BCUT2D eigenvalue weighted by atomic mass is 10.1. The Morgan fingerprint density at radius 2 is 2.28 bits per heavy atom. The zero-order valence-electron chi connectivity index (χ0n) is 15.2. The molecular formula is C18H28N6S. The molecule has 7 heteroatoms. The highest BCUT2D eigenvalue weighted by molar-refractivity contribution is 7.09. The predicted molar refractivity (Wildman–Crippen MR) is 103 cm³/mol. The highest BCUT2D eigenvalue weighted by Gasteiger charge is 2.15. The molecule has 3 rings (SSSR count). The van der Waals surface area contributed by atoms with Gasteiger partial charge in [0.25, 0.3) is 0 Å². The summed E-state index contributed by atoms with van der Waals surface area (Å²) in [4.78, 5) is 6.14. The lowest BCUT2D eigenvalue weighted by molar-refractivity contribution is 0.507. The summed E-state index contributed by atoms with van der Waals surface area (Å²) >= 11 is 1.83. The molecule has 1 unspecified atom stereocenters. The first kappa shape index (κ1) is 17.9. The number of nitrogens with one attached hydrogen (secondary N) is 2. The van der Waals surface area contributed by atoms with Gasteiger partial charge in [0.05, 0.1) is 0 Å². The molecule has 0 spiro atoms. The van der Waals surface area contributed by atoms with Crippen molar-refractivity contribution in [3.63, 3.8) is 0 Å². The Labute approximate surface area is 153 Å². The van der Waals surface area contributed by atoms with Crippen molar-refractivity contribution < 1.29 is 0 Å². The number of rotatable bonds is 7. The first-order chi connectivity index (χ1) is 12.3. The standard InChI is InChI=1S/C18H28N6S/c1-3-19-18(20-12-14(2)11-15-7-6-10-25-15)21-13-17-23-22-16-8-4-5-9-24(16)17/h6-7,10,14H,3-5,8-9,11-13H2,1-2H3,(H2,19,20,21). The molecule has 6 nitrogen and oxygen atoms in total. The van der Waals surface area contributed by atoms with Crippen molar-refractivity contribution in [1.29, 1.82) is 0 Å². The third kappa shape index (κ3) is 5.04. The normalized spacial score (nSPS) is 15.7. The molecule has 0 amide bonds. The number of hydrogen-bond donors (Lipinski definition) is 2. The summed E-state index contributed by atoms with van der Waals surface area (Å²) < 4.78 is 2.23. The van der Waals surface area contributed by atoms with E-state index in [0.29, 0.717) is 12.5 Å². The van der Waals surface area contributed by atoms with Gasteiger partial charge in [-0.05, 0) is 43.6 Å². The number of thiophene rings is 1. The number of guanidine groups is 1. The Morgan fingerprint density at radius 1 is 1.36 bits per heavy atom. The molecule has 0 aromatic carbocycles. The van der Waals surface area contributed by atoms with Crippen LogP contribution in [0.4, 0.5) is 0 Å². The summed E-state index contributed by atoms with van der Waals surface area (Å²) in [5.41, 5.74) is 0. The van der Waals surface area contributed by atoms with E-state index < -0.39 is 0 Å². The molecule has 2 aromatic rings. The van der Waals surface area contributed by atoms with Crippen LogP contribution < -0.4 is 10.6 Å². The van der Waals surface area contributed by atoms with E-state index in [9.17, 15) is 0 Å². The second-order valence-electron chi connectivity index (χ2n) is 6.61. The number of aliphatic imine (C=N–C) groups is 1. The van der Waals surface area contributed by atoms with Crippen molar-refractivity contribution in [2.24, 2.45) is 10.9 Å². The molecule has 0 fully saturated rings. The minimum absolute atomic E-state index is 0.559. The Balaban J connectivity index is 1.54. The van der Waals surface area contributed by atoms with Gasteiger partial charge >= 0.3 is 0 Å². The molecule has 1 aliphatic heterocycles. The summed E-state index contributed by atoms with van der Waals surface area (Å²) in [5, 5.41) is 17.6. The van der Waals surface area contributed by atoms with E-state index in [-0.39, 0.29) is 0 Å². The van der Waals surface area contributed by atoms with Crippen LogP contribution in [0.3, 0.4) is 0 Å². The van der Waals surface area contributed by atoms with Gasteiger partial charge in [0.2, 0.25) is 0 Å². The van der Waals surface area contributed by atoms with E-state index in [4.69, 9.17) is 4.99 Å². The van der Waals surface area contributed by atoms with E-state index in [2.05, 4.69) is 56.8 Å². The Kier molecular flexibility index (Phi) is 6.44. The first-order valence-electron chi connectivity index (χ1n) is 9.21. The summed E-state index contributed by atoms with van der Waals surface area (Å²) in [6.45, 7) is 7.71. The topological polar surface area (TPSA) is 67.1 Å². The lowest BCUT2D eigenvalue weighted by Crippen LogP contribution is -2.39. The summed E-state index contributed by atoms with van der Waals surface area (Å²) in [7, 11) is 0. The van der Waals surface area contributed by atoms with Gasteiger partial charge in [-0.25, -0.2) is 4.99 Å². The van der Waals surface area contributed by atoms with Crippen LogP contribution in [0.1, 0.15) is 43.2 Å². The lowest BCUT2D eigenvalue weighted by Gasteiger charge is -2.16. The molecule has 0 bridgehead atoms. The monoisotopic (exact) mass is 360 g/mol. The van der Waals surface area contributed by atoms with E-state index >= 15 is 0 Å². The Bertz CT molecular complexity index is 676. The van der Waals surface area contributed by atoms with Crippen LogP contribution in [0.25, 0.3) is 0 Å². The van der Waals surface area contributed by atoms with Gasteiger partial charge in [0, 0.05) is 30.9 Å². The maximum Gasteiger partial charge on any atom is 0.191 e. The Hall–Kier alpha value is -1.89. The van der Waals surface area contributed by atoms with Gasteiger partial charge in [-0.15, -0.1) is 21.5 Å². The van der Waals surface area contributed by atoms with Gasteiger partial charge in [-0.3, -0.25) is 0 Å². The SMILES string of the molecule is CCNC(=NCc1nnc2n1CCCC2)NCC(C)Cc1cccs1. The number of fused-ring (bicyclic) bond motifs is 1.